The summed E-state index contributed by atoms with van der Waals surface area (Å²) in [4.78, 5) is 0. The molecule has 0 saturated carbocycles. The predicted molar refractivity (Wildman–Crippen MR) is 47.9 cm³/mol. The van der Waals surface area contributed by atoms with Gasteiger partial charge in [-0.1, -0.05) is 0 Å². The lowest BCUT2D eigenvalue weighted by Gasteiger charge is -2.28. The summed E-state index contributed by atoms with van der Waals surface area (Å²) >= 11 is 0. The quantitative estimate of drug-likeness (QED) is 0.571. The minimum Gasteiger partial charge on any atom is -0.374 e. The van der Waals surface area contributed by atoms with Crippen molar-refractivity contribution in [2.45, 2.75) is 26.1 Å². The van der Waals surface area contributed by atoms with Crippen molar-refractivity contribution in [2.24, 2.45) is 0 Å². The zero-order valence-electron chi connectivity index (χ0n) is 8.07. The maximum absolute atomic E-state index is 9.11. The highest BCUT2D eigenvalue weighted by atomic mass is 16.3. The summed E-state index contributed by atoms with van der Waals surface area (Å²) in [5.74, 6) is 0.958. The summed E-state index contributed by atoms with van der Waals surface area (Å²) in [6.45, 7) is 3.81. The van der Waals surface area contributed by atoms with Gasteiger partial charge in [-0.3, -0.25) is 5.01 Å². The molecule has 2 atom stereocenters. The number of aliphatic hydroxyl groups is 1. The Hall–Kier alpha value is -0.740. The minimum absolute atomic E-state index is 0.385. The van der Waals surface area contributed by atoms with Crippen molar-refractivity contribution in [1.29, 1.82) is 0 Å². The van der Waals surface area contributed by atoms with E-state index in [1.807, 2.05) is 19.1 Å². The van der Waals surface area contributed by atoms with Crippen molar-refractivity contribution in [1.82, 2.24) is 15.3 Å². The highest BCUT2D eigenvalue weighted by Gasteiger charge is 2.22. The van der Waals surface area contributed by atoms with Crippen LogP contribution in [0, 0.1) is 0 Å². The molecule has 1 rings (SSSR count). The molecule has 1 aliphatic heterocycles. The van der Waals surface area contributed by atoms with Crippen LogP contribution >= 0.6 is 0 Å². The van der Waals surface area contributed by atoms with E-state index in [9.17, 15) is 0 Å². The number of hydrogen-bond acceptors (Lipinski definition) is 4. The Bertz CT molecular complexity index is 191. The van der Waals surface area contributed by atoms with Gasteiger partial charge in [0.1, 0.15) is 12.0 Å². The molecule has 0 spiro atoms. The maximum Gasteiger partial charge on any atom is 0.122 e. The minimum atomic E-state index is -0.502. The van der Waals surface area contributed by atoms with E-state index in [4.69, 9.17) is 5.11 Å². The maximum atomic E-state index is 9.11. The molecule has 2 N–H and O–H groups in total. The summed E-state index contributed by atoms with van der Waals surface area (Å²) < 4.78 is 0. The second-order valence-corrected chi connectivity index (χ2v) is 3.21. The van der Waals surface area contributed by atoms with Gasteiger partial charge in [0.05, 0.1) is 0 Å². The van der Waals surface area contributed by atoms with Crippen molar-refractivity contribution >= 4 is 0 Å². The molecule has 0 fully saturated rings. The first-order chi connectivity index (χ1) is 5.52. The third-order valence-electron chi connectivity index (χ3n) is 2.17. The summed E-state index contributed by atoms with van der Waals surface area (Å²) in [6.07, 6.45) is 1.57. The lowest BCUT2D eigenvalue weighted by Crippen LogP contribution is -2.39. The van der Waals surface area contributed by atoms with Crippen molar-refractivity contribution in [2.75, 3.05) is 14.1 Å². The van der Waals surface area contributed by atoms with Gasteiger partial charge in [0.25, 0.3) is 0 Å². The van der Waals surface area contributed by atoms with Gasteiger partial charge < -0.3 is 10.4 Å². The summed E-state index contributed by atoms with van der Waals surface area (Å²) in [5.41, 5.74) is 0. The highest BCUT2D eigenvalue weighted by molar-refractivity contribution is 5.08. The fourth-order valence-corrected chi connectivity index (χ4v) is 1.24. The number of likely N-dealkylation sites (N-methyl/N-ethyl adjacent to an activating group) is 1. The Morgan fingerprint density at radius 2 is 2.17 bits per heavy atom. The van der Waals surface area contributed by atoms with Gasteiger partial charge in [-0.2, -0.15) is 0 Å². The third-order valence-corrected chi connectivity index (χ3v) is 2.17. The van der Waals surface area contributed by atoms with E-state index in [1.165, 1.54) is 0 Å². The van der Waals surface area contributed by atoms with Crippen molar-refractivity contribution in [3.8, 4) is 0 Å². The highest BCUT2D eigenvalue weighted by Crippen LogP contribution is 2.15. The number of hydrazine groups is 1. The van der Waals surface area contributed by atoms with Gasteiger partial charge in [0.2, 0.25) is 0 Å². The predicted octanol–water partition coefficient (Wildman–Crippen LogP) is -0.0636. The molecule has 70 valence electrons. The molecule has 1 heterocycles. The monoisotopic (exact) mass is 171 g/mol. The van der Waals surface area contributed by atoms with E-state index in [0.29, 0.717) is 6.04 Å². The van der Waals surface area contributed by atoms with Gasteiger partial charge in [-0.05, 0) is 19.9 Å². The molecule has 0 aromatic carbocycles. The standard InChI is InChI=1S/C8H17N3O/c1-6-5-8(9-7(2)12)11(4)10(6)3/h5-7,9,12H,1-4H3. The van der Waals surface area contributed by atoms with E-state index in [-0.39, 0.29) is 0 Å². The van der Waals surface area contributed by atoms with Crippen LogP contribution in [0.15, 0.2) is 11.9 Å². The molecule has 0 bridgehead atoms. The number of rotatable bonds is 2. The van der Waals surface area contributed by atoms with Crippen LogP contribution in [0.4, 0.5) is 0 Å². The lowest BCUT2D eigenvalue weighted by atomic mass is 10.3. The topological polar surface area (TPSA) is 38.7 Å². The lowest BCUT2D eigenvalue weighted by molar-refractivity contribution is 0.0496. The molecule has 0 aromatic rings. The van der Waals surface area contributed by atoms with Gasteiger partial charge in [0, 0.05) is 20.1 Å². The Morgan fingerprint density at radius 3 is 2.50 bits per heavy atom. The van der Waals surface area contributed by atoms with E-state index < -0.39 is 6.23 Å². The van der Waals surface area contributed by atoms with Crippen LogP contribution < -0.4 is 5.32 Å². The molecule has 12 heavy (non-hydrogen) atoms. The molecule has 0 radical (unpaired) electrons. The average molecular weight is 171 g/mol. The largest absolute Gasteiger partial charge is 0.374 e. The van der Waals surface area contributed by atoms with Crippen LogP contribution in [0.5, 0.6) is 0 Å². The van der Waals surface area contributed by atoms with Gasteiger partial charge >= 0.3 is 0 Å². The number of aliphatic hydroxyl groups excluding tert-OH is 1. The van der Waals surface area contributed by atoms with Crippen molar-refractivity contribution in [3.63, 3.8) is 0 Å². The summed E-state index contributed by atoms with van der Waals surface area (Å²) in [6, 6.07) is 0.385. The Kier molecular flexibility index (Phi) is 2.59. The zero-order chi connectivity index (χ0) is 9.30. The SMILES string of the molecule is CC(O)NC1=CC(C)N(C)N1C. The molecule has 4 nitrogen and oxygen atoms in total. The normalized spacial score (nSPS) is 27.2. The van der Waals surface area contributed by atoms with E-state index in [1.54, 1.807) is 6.92 Å². The van der Waals surface area contributed by atoms with Crippen molar-refractivity contribution < 1.29 is 5.11 Å². The fraction of sp³-hybridized carbons (Fsp3) is 0.750. The van der Waals surface area contributed by atoms with Crippen LogP contribution in [-0.2, 0) is 0 Å². The molecule has 0 saturated heterocycles. The molecule has 0 aromatic heterocycles. The Balaban J connectivity index is 2.60. The smallest absolute Gasteiger partial charge is 0.122 e. The molecule has 0 aliphatic carbocycles. The molecule has 2 unspecified atom stereocenters. The Labute approximate surface area is 73.4 Å². The summed E-state index contributed by atoms with van der Waals surface area (Å²) in [7, 11) is 3.97. The van der Waals surface area contributed by atoms with Crippen LogP contribution in [0.2, 0.25) is 0 Å². The van der Waals surface area contributed by atoms with Crippen molar-refractivity contribution in [3.05, 3.63) is 11.9 Å². The second kappa shape index (κ2) is 3.33. The first-order valence-electron chi connectivity index (χ1n) is 4.15. The number of nitrogens with zero attached hydrogens (tertiary/aromatic N) is 2. The second-order valence-electron chi connectivity index (χ2n) is 3.21. The molecular formula is C8H17N3O. The number of nitrogens with one attached hydrogen (secondary N) is 1. The molecule has 0 amide bonds. The van der Waals surface area contributed by atoms with Crippen LogP contribution in [0.1, 0.15) is 13.8 Å². The third kappa shape index (κ3) is 1.70. The fourth-order valence-electron chi connectivity index (χ4n) is 1.24. The van der Waals surface area contributed by atoms with E-state index in [0.717, 1.165) is 5.82 Å². The number of hydrogen-bond donors (Lipinski definition) is 2. The average Bonchev–Trinajstić information content (AvgIpc) is 2.17. The molecule has 4 heteroatoms. The van der Waals surface area contributed by atoms with Gasteiger partial charge in [-0.25, -0.2) is 5.01 Å². The summed E-state index contributed by atoms with van der Waals surface area (Å²) in [5, 5.41) is 16.1. The van der Waals surface area contributed by atoms with Crippen LogP contribution in [-0.4, -0.2) is 41.5 Å². The molecular weight excluding hydrogens is 154 g/mol. The van der Waals surface area contributed by atoms with Crippen LogP contribution in [0.3, 0.4) is 0 Å². The Morgan fingerprint density at radius 1 is 1.58 bits per heavy atom. The van der Waals surface area contributed by atoms with E-state index >= 15 is 0 Å². The molecule has 1 aliphatic rings. The zero-order valence-corrected chi connectivity index (χ0v) is 8.07. The van der Waals surface area contributed by atoms with Gasteiger partial charge in [-0.15, -0.1) is 0 Å². The first kappa shape index (κ1) is 9.35. The van der Waals surface area contributed by atoms with Gasteiger partial charge in [0.15, 0.2) is 0 Å². The van der Waals surface area contributed by atoms with E-state index in [2.05, 4.69) is 23.3 Å². The van der Waals surface area contributed by atoms with Crippen LogP contribution in [0.25, 0.3) is 0 Å². The first-order valence-corrected chi connectivity index (χ1v) is 4.15.